The summed E-state index contributed by atoms with van der Waals surface area (Å²) >= 11 is 0. The van der Waals surface area contributed by atoms with Crippen molar-refractivity contribution in [1.29, 1.82) is 0 Å². The van der Waals surface area contributed by atoms with Gasteiger partial charge in [-0.2, -0.15) is 27.4 Å². The van der Waals surface area contributed by atoms with E-state index in [1.807, 2.05) is 0 Å². The number of rotatable bonds is 3. The first-order valence-corrected chi connectivity index (χ1v) is 11.6. The van der Waals surface area contributed by atoms with E-state index in [1.165, 1.54) is 16.4 Å². The van der Waals surface area contributed by atoms with E-state index >= 15 is 0 Å². The van der Waals surface area contributed by atoms with Crippen molar-refractivity contribution in [1.82, 2.24) is 19.3 Å². The molecule has 3 aromatic rings. The average Bonchev–Trinajstić information content (AvgIpc) is 3.19. The molecule has 0 aliphatic carbocycles. The van der Waals surface area contributed by atoms with Gasteiger partial charge in [-0.1, -0.05) is 0 Å². The van der Waals surface area contributed by atoms with E-state index in [4.69, 9.17) is 25.7 Å². The number of hydrogen-bond acceptors (Lipinski definition) is 9. The summed E-state index contributed by atoms with van der Waals surface area (Å²) < 4.78 is 86.7. The van der Waals surface area contributed by atoms with E-state index in [0.717, 1.165) is 0 Å². The number of halogens is 3. The van der Waals surface area contributed by atoms with E-state index < -0.39 is 38.7 Å². The predicted molar refractivity (Wildman–Crippen MR) is 114 cm³/mol. The third kappa shape index (κ3) is 3.56. The van der Waals surface area contributed by atoms with E-state index in [0.29, 0.717) is 0 Å². The number of fused-ring (bicyclic) bond motifs is 2. The van der Waals surface area contributed by atoms with E-state index in [1.54, 1.807) is 0 Å². The van der Waals surface area contributed by atoms with Crippen LogP contribution >= 0.6 is 0 Å². The third-order valence-electron chi connectivity index (χ3n) is 5.49. The fourth-order valence-electron chi connectivity index (χ4n) is 4.06. The molecular weight excluding hydrogens is 481 g/mol. The molecule has 0 atom stereocenters. The van der Waals surface area contributed by atoms with Crippen molar-refractivity contribution in [3.05, 3.63) is 17.7 Å². The largest absolute Gasteiger partial charge is 0.485 e. The zero-order valence-corrected chi connectivity index (χ0v) is 18.3. The number of alkyl halides is 3. The monoisotopic (exact) mass is 500 g/mol. The quantitative estimate of drug-likeness (QED) is 0.486. The molecule has 1 fully saturated rings. The summed E-state index contributed by atoms with van der Waals surface area (Å²) in [5, 5.41) is -0.452. The van der Waals surface area contributed by atoms with Crippen LogP contribution in [0.25, 0.3) is 22.3 Å². The molecule has 0 amide bonds. The average molecular weight is 500 g/mol. The maximum Gasteiger partial charge on any atom is 0.419 e. The van der Waals surface area contributed by atoms with Gasteiger partial charge in [-0.25, -0.2) is 8.42 Å². The summed E-state index contributed by atoms with van der Waals surface area (Å²) in [5.74, 6) is -1.06. The molecule has 2 aliphatic heterocycles. The SMILES string of the molecule is Nc1nc(N)c2c(C(F)(F)F)c(-c3ccc(S(=O)(=O)N4CCOCC4)c4c3OCCO4)[nH]c2n1. The van der Waals surface area contributed by atoms with E-state index in [9.17, 15) is 21.6 Å². The molecule has 2 aromatic heterocycles. The highest BCUT2D eigenvalue weighted by molar-refractivity contribution is 7.89. The van der Waals surface area contributed by atoms with Crippen LogP contribution in [0, 0.1) is 0 Å². The smallest absolute Gasteiger partial charge is 0.419 e. The number of sulfonamides is 1. The number of H-pyrrole nitrogens is 1. The summed E-state index contributed by atoms with van der Waals surface area (Å²) in [6.45, 7) is 0.769. The minimum Gasteiger partial charge on any atom is -0.485 e. The van der Waals surface area contributed by atoms with Gasteiger partial charge in [0.05, 0.1) is 29.9 Å². The van der Waals surface area contributed by atoms with Crippen molar-refractivity contribution in [2.24, 2.45) is 0 Å². The molecule has 0 spiro atoms. The lowest BCUT2D eigenvalue weighted by molar-refractivity contribution is -0.135. The number of hydrogen-bond donors (Lipinski definition) is 3. The Balaban J connectivity index is 1.75. The highest BCUT2D eigenvalue weighted by atomic mass is 32.2. The second-order valence-corrected chi connectivity index (χ2v) is 9.45. The van der Waals surface area contributed by atoms with Crippen molar-refractivity contribution in [3.63, 3.8) is 0 Å². The number of aromatic amines is 1. The fraction of sp³-hybridized carbons (Fsp3) is 0.368. The minimum atomic E-state index is -4.86. The van der Waals surface area contributed by atoms with E-state index in [-0.39, 0.29) is 73.1 Å². The molecule has 0 saturated carbocycles. The Labute approximate surface area is 190 Å². The number of nitrogens with two attached hydrogens (primary N) is 2. The van der Waals surface area contributed by atoms with Gasteiger partial charge in [0.1, 0.15) is 29.6 Å². The van der Waals surface area contributed by atoms with Crippen LogP contribution in [0.3, 0.4) is 0 Å². The fourth-order valence-corrected chi connectivity index (χ4v) is 5.60. The number of nitrogen functional groups attached to an aromatic ring is 2. The van der Waals surface area contributed by atoms with Crippen molar-refractivity contribution < 1.29 is 35.8 Å². The molecule has 5 N–H and O–H groups in total. The van der Waals surface area contributed by atoms with Crippen LogP contribution < -0.4 is 20.9 Å². The standard InChI is InChI=1S/C19H19F3N6O5S/c20-19(21,22)12-11-16(23)26-18(24)27-17(11)25-13(12)9-1-2-10(15-14(9)32-7-8-33-15)34(29,30)28-3-5-31-6-4-28/h1-2H,3-8H2,(H5,23,24,25,26,27). The predicted octanol–water partition coefficient (Wildman–Crippen LogP) is 1.60. The molecule has 4 heterocycles. The lowest BCUT2D eigenvalue weighted by Gasteiger charge is -2.29. The van der Waals surface area contributed by atoms with Gasteiger partial charge in [0.25, 0.3) is 0 Å². The number of ether oxygens (including phenoxy) is 3. The molecule has 182 valence electrons. The summed E-state index contributed by atoms with van der Waals surface area (Å²) in [7, 11) is -4.02. The molecule has 1 saturated heterocycles. The maximum absolute atomic E-state index is 14.2. The van der Waals surface area contributed by atoms with Gasteiger partial charge in [-0.3, -0.25) is 0 Å². The number of nitrogens with zero attached hydrogens (tertiary/aromatic N) is 3. The second-order valence-electron chi connectivity index (χ2n) is 7.55. The molecule has 5 rings (SSSR count). The first-order chi connectivity index (χ1) is 16.1. The Morgan fingerprint density at radius 1 is 1.00 bits per heavy atom. The maximum atomic E-state index is 14.2. The molecule has 34 heavy (non-hydrogen) atoms. The molecule has 1 aromatic carbocycles. The van der Waals surface area contributed by atoms with Crippen LogP contribution in [-0.4, -0.2) is 67.2 Å². The van der Waals surface area contributed by atoms with Crippen molar-refractivity contribution in [2.45, 2.75) is 11.1 Å². The van der Waals surface area contributed by atoms with Gasteiger partial charge in [-0.05, 0) is 12.1 Å². The Morgan fingerprint density at radius 2 is 1.68 bits per heavy atom. The summed E-state index contributed by atoms with van der Waals surface area (Å²) in [6, 6.07) is 2.43. The van der Waals surface area contributed by atoms with Crippen molar-refractivity contribution >= 4 is 32.8 Å². The normalized spacial score (nSPS) is 17.3. The number of anilines is 2. The first-order valence-electron chi connectivity index (χ1n) is 10.1. The lowest BCUT2D eigenvalue weighted by atomic mass is 10.0. The van der Waals surface area contributed by atoms with Crippen LogP contribution in [0.15, 0.2) is 17.0 Å². The van der Waals surface area contributed by atoms with E-state index in [2.05, 4.69) is 15.0 Å². The summed E-state index contributed by atoms with van der Waals surface area (Å²) in [4.78, 5) is 9.86. The Hall–Kier alpha value is -3.30. The lowest BCUT2D eigenvalue weighted by Crippen LogP contribution is -2.40. The molecule has 15 heteroatoms. The van der Waals surface area contributed by atoms with Crippen LogP contribution in [0.1, 0.15) is 5.56 Å². The molecule has 2 aliphatic rings. The van der Waals surface area contributed by atoms with Crippen LogP contribution in [0.5, 0.6) is 11.5 Å². The number of morpholine rings is 1. The Morgan fingerprint density at radius 3 is 2.35 bits per heavy atom. The highest BCUT2D eigenvalue weighted by Crippen LogP contribution is 2.50. The van der Waals surface area contributed by atoms with Gasteiger partial charge >= 0.3 is 6.18 Å². The van der Waals surface area contributed by atoms with Gasteiger partial charge < -0.3 is 30.7 Å². The Bertz CT molecular complexity index is 1390. The zero-order valence-electron chi connectivity index (χ0n) is 17.5. The number of aromatic nitrogens is 3. The minimum absolute atomic E-state index is 0.0114. The molecule has 11 nitrogen and oxygen atoms in total. The Kier molecular flexibility index (Phi) is 5.22. The first kappa shape index (κ1) is 22.5. The second kappa shape index (κ2) is 7.89. The van der Waals surface area contributed by atoms with Gasteiger partial charge in [0.15, 0.2) is 11.5 Å². The molecule has 0 unspecified atom stereocenters. The number of nitrogens with one attached hydrogen (secondary N) is 1. The molecule has 0 radical (unpaired) electrons. The van der Waals surface area contributed by atoms with Gasteiger partial charge in [-0.15, -0.1) is 0 Å². The topological polar surface area (TPSA) is 159 Å². The van der Waals surface area contributed by atoms with Gasteiger partial charge in [0.2, 0.25) is 16.0 Å². The van der Waals surface area contributed by atoms with Gasteiger partial charge in [0, 0.05) is 18.7 Å². The van der Waals surface area contributed by atoms with Crippen LogP contribution in [-0.2, 0) is 20.9 Å². The van der Waals surface area contributed by atoms with Crippen molar-refractivity contribution in [2.75, 3.05) is 51.0 Å². The van der Waals surface area contributed by atoms with Crippen LogP contribution in [0.2, 0.25) is 0 Å². The summed E-state index contributed by atoms with van der Waals surface area (Å²) in [6.07, 6.45) is -4.86. The molecule has 0 bridgehead atoms. The highest BCUT2D eigenvalue weighted by Gasteiger charge is 2.41. The van der Waals surface area contributed by atoms with Crippen molar-refractivity contribution in [3.8, 4) is 22.8 Å². The molecular formula is C19H19F3N6O5S. The number of benzene rings is 1. The third-order valence-corrected chi connectivity index (χ3v) is 7.41. The summed E-state index contributed by atoms with van der Waals surface area (Å²) in [5.41, 5.74) is 9.46. The zero-order chi connectivity index (χ0) is 24.3. The van der Waals surface area contributed by atoms with Crippen LogP contribution in [0.4, 0.5) is 24.9 Å².